The van der Waals surface area contributed by atoms with Crippen molar-refractivity contribution in [3.05, 3.63) is 16.3 Å². The predicted octanol–water partition coefficient (Wildman–Crippen LogP) is 1.69. The van der Waals surface area contributed by atoms with E-state index >= 15 is 0 Å². The summed E-state index contributed by atoms with van der Waals surface area (Å²) < 4.78 is 0. The van der Waals surface area contributed by atoms with Crippen LogP contribution in [-0.2, 0) is 0 Å². The molecule has 0 spiro atoms. The van der Waals surface area contributed by atoms with Crippen molar-refractivity contribution >= 4 is 17.5 Å². The molecule has 1 saturated heterocycles. The summed E-state index contributed by atoms with van der Waals surface area (Å²) in [5.74, 6) is 5.82. The Morgan fingerprint density at radius 3 is 2.85 bits per heavy atom. The number of nitrogens with two attached hydrogens (primary N) is 1. The number of rotatable bonds is 3. The van der Waals surface area contributed by atoms with Gasteiger partial charge >= 0.3 is 5.69 Å². The van der Waals surface area contributed by atoms with E-state index in [1.165, 1.54) is 6.20 Å². The zero-order chi connectivity index (χ0) is 14.8. The van der Waals surface area contributed by atoms with Crippen molar-refractivity contribution in [2.75, 3.05) is 23.4 Å². The van der Waals surface area contributed by atoms with Gasteiger partial charge in [-0.1, -0.05) is 13.8 Å². The predicted molar refractivity (Wildman–Crippen MR) is 76.3 cm³/mol. The minimum atomic E-state index is -0.453. The molecule has 0 aromatic carbocycles. The third-order valence-corrected chi connectivity index (χ3v) is 3.72. The van der Waals surface area contributed by atoms with Crippen LogP contribution in [0.25, 0.3) is 0 Å². The van der Waals surface area contributed by atoms with Gasteiger partial charge in [-0.25, -0.2) is 10.8 Å². The van der Waals surface area contributed by atoms with E-state index in [0.29, 0.717) is 5.82 Å². The lowest BCUT2D eigenvalue weighted by Crippen LogP contribution is -2.27. The molecule has 110 valence electrons. The van der Waals surface area contributed by atoms with Crippen molar-refractivity contribution in [3.63, 3.8) is 0 Å². The Kier molecular flexibility index (Phi) is 4.03. The fraction of sp³-hybridized carbons (Fsp3) is 0.667. The Balaban J connectivity index is 2.32. The topological polar surface area (TPSA) is 110 Å². The van der Waals surface area contributed by atoms with Crippen LogP contribution in [-0.4, -0.2) is 28.0 Å². The number of hydrogen-bond acceptors (Lipinski definition) is 7. The van der Waals surface area contributed by atoms with E-state index in [-0.39, 0.29) is 17.1 Å². The highest BCUT2D eigenvalue weighted by Gasteiger charge is 2.28. The van der Waals surface area contributed by atoms with E-state index in [2.05, 4.69) is 29.2 Å². The molecule has 0 unspecified atom stereocenters. The first-order valence-electron chi connectivity index (χ1n) is 6.66. The number of aromatic nitrogens is 2. The average molecular weight is 280 g/mol. The number of nitrogen functional groups attached to an aromatic ring is 1. The van der Waals surface area contributed by atoms with Crippen LogP contribution in [0.15, 0.2) is 6.20 Å². The minimum Gasteiger partial charge on any atom is -0.351 e. The SMILES string of the molecule is CC1(C)CCCN(c2nc(NN)ncc2[N+](=O)[O-])CC1. The molecule has 0 aliphatic carbocycles. The first-order valence-corrected chi connectivity index (χ1v) is 6.66. The van der Waals surface area contributed by atoms with Crippen molar-refractivity contribution in [2.24, 2.45) is 11.3 Å². The number of hydrogen-bond donors (Lipinski definition) is 2. The maximum atomic E-state index is 11.1. The zero-order valence-electron chi connectivity index (χ0n) is 11.8. The van der Waals surface area contributed by atoms with Crippen molar-refractivity contribution in [1.29, 1.82) is 0 Å². The molecule has 3 N–H and O–H groups in total. The highest BCUT2D eigenvalue weighted by Crippen LogP contribution is 2.34. The first-order chi connectivity index (χ1) is 9.43. The van der Waals surface area contributed by atoms with E-state index in [4.69, 9.17) is 5.84 Å². The molecule has 20 heavy (non-hydrogen) atoms. The summed E-state index contributed by atoms with van der Waals surface area (Å²) >= 11 is 0. The maximum Gasteiger partial charge on any atom is 0.329 e. The second kappa shape index (κ2) is 5.58. The van der Waals surface area contributed by atoms with Gasteiger partial charge in [0.05, 0.1) is 4.92 Å². The summed E-state index contributed by atoms with van der Waals surface area (Å²) in [6, 6.07) is 0. The van der Waals surface area contributed by atoms with Crippen LogP contribution in [0, 0.1) is 15.5 Å². The van der Waals surface area contributed by atoms with Crippen LogP contribution in [0.5, 0.6) is 0 Å². The fourth-order valence-electron chi connectivity index (χ4n) is 2.43. The Labute approximate surface area is 117 Å². The third kappa shape index (κ3) is 3.13. The third-order valence-electron chi connectivity index (χ3n) is 3.72. The monoisotopic (exact) mass is 280 g/mol. The van der Waals surface area contributed by atoms with Crippen LogP contribution in [0.2, 0.25) is 0 Å². The fourth-order valence-corrected chi connectivity index (χ4v) is 2.43. The van der Waals surface area contributed by atoms with E-state index in [0.717, 1.165) is 32.4 Å². The molecular weight excluding hydrogens is 260 g/mol. The van der Waals surface area contributed by atoms with Gasteiger partial charge in [-0.05, 0) is 24.7 Å². The van der Waals surface area contributed by atoms with Crippen LogP contribution < -0.4 is 16.2 Å². The molecular formula is C12H20N6O2. The molecule has 0 saturated carbocycles. The molecule has 8 heteroatoms. The molecule has 1 fully saturated rings. The molecule has 0 atom stereocenters. The smallest absolute Gasteiger partial charge is 0.329 e. The van der Waals surface area contributed by atoms with E-state index in [9.17, 15) is 10.1 Å². The summed E-state index contributed by atoms with van der Waals surface area (Å²) in [6.07, 6.45) is 4.26. The normalized spacial score (nSPS) is 18.4. The van der Waals surface area contributed by atoms with Crippen molar-refractivity contribution in [2.45, 2.75) is 33.1 Å². The molecule has 1 aromatic heterocycles. The minimum absolute atomic E-state index is 0.0799. The van der Waals surface area contributed by atoms with Crippen molar-refractivity contribution < 1.29 is 4.92 Å². The van der Waals surface area contributed by atoms with Crippen LogP contribution >= 0.6 is 0 Å². The number of nitro groups is 1. The van der Waals surface area contributed by atoms with Crippen LogP contribution in [0.4, 0.5) is 17.5 Å². The highest BCUT2D eigenvalue weighted by atomic mass is 16.6. The largest absolute Gasteiger partial charge is 0.351 e. The Morgan fingerprint density at radius 2 is 2.20 bits per heavy atom. The van der Waals surface area contributed by atoms with Gasteiger partial charge in [-0.3, -0.25) is 15.5 Å². The number of hydrazine groups is 1. The van der Waals surface area contributed by atoms with E-state index < -0.39 is 4.92 Å². The van der Waals surface area contributed by atoms with Crippen LogP contribution in [0.1, 0.15) is 33.1 Å². The highest BCUT2D eigenvalue weighted by molar-refractivity contribution is 5.58. The van der Waals surface area contributed by atoms with Gasteiger partial charge in [0.1, 0.15) is 6.20 Å². The summed E-state index contributed by atoms with van der Waals surface area (Å²) in [4.78, 5) is 20.6. The lowest BCUT2D eigenvalue weighted by molar-refractivity contribution is -0.384. The van der Waals surface area contributed by atoms with Gasteiger partial charge < -0.3 is 4.90 Å². The molecule has 0 radical (unpaired) electrons. The van der Waals surface area contributed by atoms with Gasteiger partial charge in [0.2, 0.25) is 11.8 Å². The summed E-state index contributed by atoms with van der Waals surface area (Å²) in [6.45, 7) is 5.94. The van der Waals surface area contributed by atoms with Gasteiger partial charge in [0.15, 0.2) is 0 Å². The molecule has 8 nitrogen and oxygen atoms in total. The second-order valence-corrected chi connectivity index (χ2v) is 5.81. The maximum absolute atomic E-state index is 11.1. The second-order valence-electron chi connectivity index (χ2n) is 5.81. The van der Waals surface area contributed by atoms with Crippen molar-refractivity contribution in [3.8, 4) is 0 Å². The number of nitrogens with zero attached hydrogens (tertiary/aromatic N) is 4. The van der Waals surface area contributed by atoms with E-state index in [1.807, 2.05) is 4.90 Å². The average Bonchev–Trinajstić information content (AvgIpc) is 2.58. The molecule has 0 amide bonds. The Bertz CT molecular complexity index is 505. The first kappa shape index (κ1) is 14.4. The summed E-state index contributed by atoms with van der Waals surface area (Å²) in [5, 5.41) is 11.1. The Hall–Kier alpha value is -1.96. The number of anilines is 2. The van der Waals surface area contributed by atoms with Gasteiger partial charge in [0, 0.05) is 13.1 Å². The van der Waals surface area contributed by atoms with E-state index in [1.54, 1.807) is 0 Å². The van der Waals surface area contributed by atoms with Gasteiger partial charge in [0.25, 0.3) is 0 Å². The number of nitrogens with one attached hydrogen (secondary N) is 1. The standard InChI is InChI=1S/C12H20N6O2/c1-12(2)4-3-6-17(7-5-12)10-9(18(19)20)8-14-11(15-10)16-13/h8H,3-7,13H2,1-2H3,(H,14,15,16). The van der Waals surface area contributed by atoms with Gasteiger partial charge in [-0.2, -0.15) is 4.98 Å². The van der Waals surface area contributed by atoms with Gasteiger partial charge in [-0.15, -0.1) is 0 Å². The molecule has 2 rings (SSSR count). The Morgan fingerprint density at radius 1 is 1.45 bits per heavy atom. The van der Waals surface area contributed by atoms with Crippen LogP contribution in [0.3, 0.4) is 0 Å². The molecule has 1 aliphatic heterocycles. The lowest BCUT2D eigenvalue weighted by atomic mass is 9.85. The molecule has 1 aromatic rings. The lowest BCUT2D eigenvalue weighted by Gasteiger charge is -2.23. The summed E-state index contributed by atoms with van der Waals surface area (Å²) in [7, 11) is 0. The molecule has 2 heterocycles. The van der Waals surface area contributed by atoms with Crippen molar-refractivity contribution in [1.82, 2.24) is 9.97 Å². The molecule has 1 aliphatic rings. The summed E-state index contributed by atoms with van der Waals surface area (Å²) in [5.41, 5.74) is 2.51. The quantitative estimate of drug-likeness (QED) is 0.492. The molecule has 0 bridgehead atoms. The zero-order valence-corrected chi connectivity index (χ0v) is 11.8.